The Morgan fingerprint density at radius 3 is 2.38 bits per heavy atom. The molecule has 0 radical (unpaired) electrons. The molecule has 0 aliphatic rings. The average molecular weight is 461 g/mol. The highest BCUT2D eigenvalue weighted by atomic mass is 16.4. The van der Waals surface area contributed by atoms with Crippen LogP contribution in [0.1, 0.15) is 27.0 Å². The Balaban J connectivity index is 1.39. The topological polar surface area (TPSA) is 174 Å². The molecule has 10 nitrogen and oxygen atoms in total. The Labute approximate surface area is 193 Å². The van der Waals surface area contributed by atoms with Crippen LogP contribution in [0.15, 0.2) is 59.5 Å². The third-order valence-electron chi connectivity index (χ3n) is 5.52. The quantitative estimate of drug-likeness (QED) is 0.232. The Morgan fingerprint density at radius 2 is 1.71 bits per heavy atom. The minimum atomic E-state index is -1.15. The van der Waals surface area contributed by atoms with E-state index in [2.05, 4.69) is 20.3 Å². The summed E-state index contributed by atoms with van der Waals surface area (Å²) in [7, 11) is 0. The van der Waals surface area contributed by atoms with E-state index in [-0.39, 0.29) is 23.7 Å². The maximum Gasteiger partial charge on any atom is 0.326 e. The summed E-state index contributed by atoms with van der Waals surface area (Å²) in [5.41, 5.74) is 8.47. The van der Waals surface area contributed by atoms with Crippen LogP contribution in [0.3, 0.4) is 0 Å². The molecular formula is C24H23N5O5. The lowest BCUT2D eigenvalue weighted by Gasteiger charge is -2.15. The van der Waals surface area contributed by atoms with Gasteiger partial charge in [0.1, 0.15) is 17.4 Å². The Kier molecular flexibility index (Phi) is 6.30. The second kappa shape index (κ2) is 9.49. The van der Waals surface area contributed by atoms with Crippen LogP contribution in [0.4, 0.5) is 5.95 Å². The fraction of sp³-hybridized carbons (Fsp3) is 0.167. The van der Waals surface area contributed by atoms with Crippen molar-refractivity contribution in [2.24, 2.45) is 0 Å². The number of aromatic amines is 2. The molecule has 1 unspecified atom stereocenters. The van der Waals surface area contributed by atoms with Gasteiger partial charge >= 0.3 is 5.97 Å². The monoisotopic (exact) mass is 461 g/mol. The molecule has 0 aliphatic carbocycles. The van der Waals surface area contributed by atoms with Crippen molar-refractivity contribution in [1.82, 2.24) is 20.3 Å². The van der Waals surface area contributed by atoms with Gasteiger partial charge in [-0.05, 0) is 53.8 Å². The fourth-order valence-corrected chi connectivity index (χ4v) is 3.73. The lowest BCUT2D eigenvalue weighted by Crippen LogP contribution is -2.42. The molecule has 7 N–H and O–H groups in total. The highest BCUT2D eigenvalue weighted by Crippen LogP contribution is 2.16. The zero-order valence-corrected chi connectivity index (χ0v) is 18.0. The third-order valence-corrected chi connectivity index (χ3v) is 5.52. The van der Waals surface area contributed by atoms with Gasteiger partial charge in [0.05, 0.1) is 5.39 Å². The molecule has 0 saturated heterocycles. The summed E-state index contributed by atoms with van der Waals surface area (Å²) in [4.78, 5) is 45.9. The number of nitrogens with zero attached hydrogens (tertiary/aromatic N) is 1. The SMILES string of the molecule is Nc1nc2[nH]cc(CCc3ccc(C(=O)NC(Cc4ccc(O)cc4)C(=O)O)cc3)c2c(=O)[nH]1. The number of carbonyl (C=O) groups excluding carboxylic acids is 1. The van der Waals surface area contributed by atoms with Crippen molar-refractivity contribution in [2.75, 3.05) is 5.73 Å². The summed E-state index contributed by atoms with van der Waals surface area (Å²) in [5, 5.41) is 21.9. The lowest BCUT2D eigenvalue weighted by molar-refractivity contribution is -0.139. The summed E-state index contributed by atoms with van der Waals surface area (Å²) in [6.07, 6.45) is 3.02. The van der Waals surface area contributed by atoms with E-state index in [0.29, 0.717) is 35.0 Å². The molecule has 4 aromatic rings. The normalized spacial score (nSPS) is 11.9. The van der Waals surface area contributed by atoms with E-state index in [1.54, 1.807) is 42.6 Å². The first-order valence-electron chi connectivity index (χ1n) is 10.6. The number of benzene rings is 2. The number of aliphatic carboxylic acids is 1. The average Bonchev–Trinajstić information content (AvgIpc) is 3.22. The maximum atomic E-state index is 12.6. The second-order valence-corrected chi connectivity index (χ2v) is 7.92. The van der Waals surface area contributed by atoms with Crippen LogP contribution in [0, 0.1) is 0 Å². The molecule has 34 heavy (non-hydrogen) atoms. The first kappa shape index (κ1) is 22.6. The first-order valence-corrected chi connectivity index (χ1v) is 10.6. The van der Waals surface area contributed by atoms with Crippen molar-refractivity contribution < 1.29 is 19.8 Å². The van der Waals surface area contributed by atoms with Gasteiger partial charge in [-0.15, -0.1) is 0 Å². The number of H-pyrrole nitrogens is 2. The minimum Gasteiger partial charge on any atom is -0.508 e. The number of aromatic nitrogens is 3. The van der Waals surface area contributed by atoms with Gasteiger partial charge in [-0.25, -0.2) is 4.79 Å². The molecule has 1 atom stereocenters. The summed E-state index contributed by atoms with van der Waals surface area (Å²) in [6.45, 7) is 0. The van der Waals surface area contributed by atoms with Crippen molar-refractivity contribution in [3.63, 3.8) is 0 Å². The minimum absolute atomic E-state index is 0.0490. The fourth-order valence-electron chi connectivity index (χ4n) is 3.73. The molecule has 0 bridgehead atoms. The van der Waals surface area contributed by atoms with E-state index in [1.165, 1.54) is 12.1 Å². The molecule has 2 aromatic heterocycles. The predicted molar refractivity (Wildman–Crippen MR) is 126 cm³/mol. The summed E-state index contributed by atoms with van der Waals surface area (Å²) in [6, 6.07) is 11.9. The summed E-state index contributed by atoms with van der Waals surface area (Å²) >= 11 is 0. The number of hydrogen-bond acceptors (Lipinski definition) is 6. The number of nitrogens with one attached hydrogen (secondary N) is 3. The number of rotatable bonds is 8. The van der Waals surface area contributed by atoms with E-state index < -0.39 is 17.9 Å². The number of hydrogen-bond donors (Lipinski definition) is 6. The van der Waals surface area contributed by atoms with Crippen LogP contribution in [-0.2, 0) is 24.1 Å². The largest absolute Gasteiger partial charge is 0.508 e. The zero-order valence-electron chi connectivity index (χ0n) is 18.0. The maximum absolute atomic E-state index is 12.6. The highest BCUT2D eigenvalue weighted by Gasteiger charge is 2.21. The molecule has 0 aliphatic heterocycles. The number of carboxylic acids is 1. The van der Waals surface area contributed by atoms with E-state index in [9.17, 15) is 24.6 Å². The number of aromatic hydroxyl groups is 1. The number of anilines is 1. The zero-order chi connectivity index (χ0) is 24.2. The molecular weight excluding hydrogens is 438 g/mol. The molecule has 0 saturated carbocycles. The van der Waals surface area contributed by atoms with Gasteiger partial charge in [-0.3, -0.25) is 14.6 Å². The van der Waals surface area contributed by atoms with Crippen molar-refractivity contribution in [3.05, 3.63) is 87.3 Å². The third kappa shape index (κ3) is 5.07. The summed E-state index contributed by atoms with van der Waals surface area (Å²) < 4.78 is 0. The Bertz CT molecular complexity index is 1390. The molecule has 174 valence electrons. The van der Waals surface area contributed by atoms with E-state index in [1.807, 2.05) is 0 Å². The molecule has 2 aromatic carbocycles. The number of phenols is 1. The second-order valence-electron chi connectivity index (χ2n) is 7.92. The lowest BCUT2D eigenvalue weighted by atomic mass is 10.0. The van der Waals surface area contributed by atoms with Crippen molar-refractivity contribution in [2.45, 2.75) is 25.3 Å². The highest BCUT2D eigenvalue weighted by molar-refractivity contribution is 5.96. The Morgan fingerprint density at radius 1 is 1.03 bits per heavy atom. The number of amides is 1. The molecule has 0 spiro atoms. The van der Waals surface area contributed by atoms with Crippen LogP contribution in [-0.4, -0.2) is 43.1 Å². The van der Waals surface area contributed by atoms with Crippen molar-refractivity contribution >= 4 is 28.9 Å². The predicted octanol–water partition coefficient (Wildman–Crippen LogP) is 1.75. The number of phenolic OH excluding ortho intramolecular Hbond substituents is 1. The van der Waals surface area contributed by atoms with Gasteiger partial charge in [0, 0.05) is 18.2 Å². The molecule has 4 rings (SSSR count). The molecule has 0 fully saturated rings. The van der Waals surface area contributed by atoms with Crippen LogP contribution in [0.2, 0.25) is 0 Å². The molecule has 2 heterocycles. The van der Waals surface area contributed by atoms with E-state index in [0.717, 1.165) is 11.1 Å². The number of carbonyl (C=O) groups is 2. The number of fused-ring (bicyclic) bond motifs is 1. The van der Waals surface area contributed by atoms with Crippen molar-refractivity contribution in [1.29, 1.82) is 0 Å². The number of carboxylic acid groups (broad SMARTS) is 1. The number of aryl methyl sites for hydroxylation is 2. The Hall–Kier alpha value is -4.60. The number of nitrogen functional groups attached to an aromatic ring is 1. The van der Waals surface area contributed by atoms with Gasteiger partial charge in [-0.1, -0.05) is 24.3 Å². The smallest absolute Gasteiger partial charge is 0.326 e. The number of nitrogens with two attached hydrogens (primary N) is 1. The van der Waals surface area contributed by atoms with Crippen LogP contribution in [0.5, 0.6) is 5.75 Å². The van der Waals surface area contributed by atoms with Crippen molar-refractivity contribution in [3.8, 4) is 5.75 Å². The van der Waals surface area contributed by atoms with E-state index >= 15 is 0 Å². The standard InChI is InChI=1S/C24H23N5O5/c25-24-28-20-19(22(32)29-24)16(12-26-20)8-3-13-1-6-15(7-2-13)21(31)27-18(23(33)34)11-14-4-9-17(30)10-5-14/h1-2,4-7,9-10,12,18,30H,3,8,11H2,(H,27,31)(H,33,34)(H4,25,26,28,29,32). The molecule has 10 heteroatoms. The van der Waals surface area contributed by atoms with Gasteiger partial charge in [0.25, 0.3) is 11.5 Å². The van der Waals surface area contributed by atoms with Crippen LogP contribution < -0.4 is 16.6 Å². The van der Waals surface area contributed by atoms with Crippen LogP contribution >= 0.6 is 0 Å². The van der Waals surface area contributed by atoms with E-state index in [4.69, 9.17) is 5.73 Å². The summed E-state index contributed by atoms with van der Waals surface area (Å²) in [5.74, 6) is -1.52. The van der Waals surface area contributed by atoms with Gasteiger partial charge in [0.15, 0.2) is 0 Å². The van der Waals surface area contributed by atoms with Gasteiger partial charge < -0.3 is 26.2 Å². The van der Waals surface area contributed by atoms with Gasteiger partial charge in [0.2, 0.25) is 5.95 Å². The van der Waals surface area contributed by atoms with Crippen LogP contribution in [0.25, 0.3) is 11.0 Å². The van der Waals surface area contributed by atoms with Gasteiger partial charge in [-0.2, -0.15) is 4.98 Å². The first-order chi connectivity index (χ1) is 16.3. The molecule has 1 amide bonds.